The molecule has 1 aromatic heterocycles. The van der Waals surface area contributed by atoms with E-state index in [0.29, 0.717) is 13.2 Å². The predicted molar refractivity (Wildman–Crippen MR) is 81.5 cm³/mol. The quantitative estimate of drug-likeness (QED) is 0.857. The molecule has 0 aliphatic carbocycles. The summed E-state index contributed by atoms with van der Waals surface area (Å²) in [7, 11) is 1.64. The number of rotatable bonds is 5. The molecule has 0 spiro atoms. The van der Waals surface area contributed by atoms with Gasteiger partial charge in [-0.15, -0.1) is 12.4 Å². The molecular formula is C14H24ClN3O3. The lowest BCUT2D eigenvalue weighted by Gasteiger charge is -2.35. The van der Waals surface area contributed by atoms with Gasteiger partial charge < -0.3 is 19.9 Å². The Labute approximate surface area is 131 Å². The molecule has 1 fully saturated rings. The van der Waals surface area contributed by atoms with Crippen LogP contribution >= 0.6 is 12.4 Å². The number of hydrogen-bond donors (Lipinski definition) is 2. The molecule has 0 unspecified atom stereocenters. The molecule has 1 aliphatic rings. The Morgan fingerprint density at radius 3 is 2.62 bits per heavy atom. The maximum Gasteiger partial charge on any atom is 0.228 e. The van der Waals surface area contributed by atoms with Crippen LogP contribution in [0.3, 0.4) is 0 Å². The van der Waals surface area contributed by atoms with Crippen molar-refractivity contribution in [2.24, 2.45) is 5.41 Å². The summed E-state index contributed by atoms with van der Waals surface area (Å²) in [5, 5.41) is 10.2. The van der Waals surface area contributed by atoms with Crippen molar-refractivity contribution in [3.8, 4) is 0 Å². The first-order valence-corrected chi connectivity index (χ1v) is 6.99. The summed E-state index contributed by atoms with van der Waals surface area (Å²) in [6.45, 7) is 6.36. The van der Waals surface area contributed by atoms with E-state index in [2.05, 4.69) is 15.8 Å². The van der Waals surface area contributed by atoms with E-state index in [1.807, 2.05) is 13.8 Å². The van der Waals surface area contributed by atoms with Crippen LogP contribution in [-0.4, -0.2) is 37.9 Å². The first kappa shape index (κ1) is 17.9. The largest absolute Gasteiger partial charge is 0.384 e. The Kier molecular flexibility index (Phi) is 6.64. The highest BCUT2D eigenvalue weighted by molar-refractivity contribution is 5.85. The van der Waals surface area contributed by atoms with Gasteiger partial charge in [-0.2, -0.15) is 0 Å². The average molecular weight is 318 g/mol. The highest BCUT2D eigenvalue weighted by Gasteiger charge is 2.39. The van der Waals surface area contributed by atoms with Crippen molar-refractivity contribution in [2.75, 3.05) is 26.8 Å². The van der Waals surface area contributed by atoms with Crippen LogP contribution in [0.2, 0.25) is 0 Å². The van der Waals surface area contributed by atoms with Crippen LogP contribution in [0.1, 0.15) is 29.9 Å². The number of carbonyl (C=O) groups is 1. The van der Waals surface area contributed by atoms with Gasteiger partial charge in [-0.3, -0.25) is 4.79 Å². The van der Waals surface area contributed by atoms with Crippen LogP contribution in [0.25, 0.3) is 0 Å². The minimum atomic E-state index is -0.418. The molecule has 1 aromatic rings. The summed E-state index contributed by atoms with van der Waals surface area (Å²) in [6, 6.07) is 0. The number of methoxy groups -OCH3 is 1. The summed E-state index contributed by atoms with van der Waals surface area (Å²) >= 11 is 0. The van der Waals surface area contributed by atoms with Gasteiger partial charge in [-0.25, -0.2) is 0 Å². The zero-order chi connectivity index (χ0) is 14.6. The number of amides is 1. The van der Waals surface area contributed by atoms with Gasteiger partial charge in [0.25, 0.3) is 0 Å². The zero-order valence-electron chi connectivity index (χ0n) is 12.8. The van der Waals surface area contributed by atoms with E-state index in [1.165, 1.54) is 0 Å². The van der Waals surface area contributed by atoms with Crippen LogP contribution in [0, 0.1) is 19.3 Å². The molecule has 0 saturated carbocycles. The molecule has 21 heavy (non-hydrogen) atoms. The maximum absolute atomic E-state index is 12.6. The highest BCUT2D eigenvalue weighted by Crippen LogP contribution is 2.29. The van der Waals surface area contributed by atoms with E-state index >= 15 is 0 Å². The molecule has 1 aliphatic heterocycles. The summed E-state index contributed by atoms with van der Waals surface area (Å²) < 4.78 is 10.4. The van der Waals surface area contributed by atoms with Gasteiger partial charge in [0.05, 0.1) is 17.7 Å². The third kappa shape index (κ3) is 3.96. The van der Waals surface area contributed by atoms with Crippen LogP contribution < -0.4 is 10.6 Å². The van der Waals surface area contributed by atoms with Crippen LogP contribution in [0.5, 0.6) is 0 Å². The van der Waals surface area contributed by atoms with E-state index in [1.54, 1.807) is 7.11 Å². The fraction of sp³-hybridized carbons (Fsp3) is 0.714. The van der Waals surface area contributed by atoms with Gasteiger partial charge >= 0.3 is 0 Å². The lowest BCUT2D eigenvalue weighted by Crippen LogP contribution is -2.50. The third-order valence-electron chi connectivity index (χ3n) is 4.07. The monoisotopic (exact) mass is 317 g/mol. The first-order chi connectivity index (χ1) is 9.59. The topological polar surface area (TPSA) is 76.4 Å². The number of nitrogens with zero attached hydrogens (tertiary/aromatic N) is 1. The van der Waals surface area contributed by atoms with E-state index in [-0.39, 0.29) is 18.3 Å². The molecule has 2 N–H and O–H groups in total. The normalized spacial score (nSPS) is 17.1. The summed E-state index contributed by atoms with van der Waals surface area (Å²) in [5.41, 5.74) is 1.37. The van der Waals surface area contributed by atoms with Crippen molar-refractivity contribution in [1.29, 1.82) is 0 Å². The molecule has 0 atom stereocenters. The summed E-state index contributed by atoms with van der Waals surface area (Å²) in [6.07, 6.45) is 1.60. The lowest BCUT2D eigenvalue weighted by atomic mass is 9.78. The van der Waals surface area contributed by atoms with E-state index in [4.69, 9.17) is 9.26 Å². The Morgan fingerprint density at radius 2 is 2.10 bits per heavy atom. The Bertz CT molecular complexity index is 445. The lowest BCUT2D eigenvalue weighted by molar-refractivity contribution is -0.136. The second-order valence-electron chi connectivity index (χ2n) is 5.45. The van der Waals surface area contributed by atoms with Gasteiger partial charge in [0, 0.05) is 19.2 Å². The van der Waals surface area contributed by atoms with Crippen molar-refractivity contribution in [3.05, 3.63) is 17.0 Å². The Balaban J connectivity index is 0.00000220. The van der Waals surface area contributed by atoms with E-state index in [0.717, 1.165) is 42.9 Å². The van der Waals surface area contributed by atoms with Gasteiger partial charge in [-0.1, -0.05) is 5.16 Å². The molecule has 2 rings (SSSR count). The van der Waals surface area contributed by atoms with Gasteiger partial charge in [0.1, 0.15) is 5.76 Å². The molecule has 0 bridgehead atoms. The molecule has 7 heteroatoms. The molecule has 1 amide bonds. The van der Waals surface area contributed by atoms with Crippen molar-refractivity contribution in [3.63, 3.8) is 0 Å². The molecule has 0 radical (unpaired) electrons. The number of aryl methyl sites for hydroxylation is 2. The molecular weight excluding hydrogens is 294 g/mol. The van der Waals surface area contributed by atoms with Crippen LogP contribution in [-0.2, 0) is 16.1 Å². The summed E-state index contributed by atoms with van der Waals surface area (Å²) in [5.74, 6) is 0.815. The van der Waals surface area contributed by atoms with Gasteiger partial charge in [0.2, 0.25) is 5.91 Å². The minimum Gasteiger partial charge on any atom is -0.384 e. The smallest absolute Gasteiger partial charge is 0.228 e. The Morgan fingerprint density at radius 1 is 1.43 bits per heavy atom. The minimum absolute atomic E-state index is 0. The average Bonchev–Trinajstić information content (AvgIpc) is 2.77. The standard InChI is InChI=1S/C14H23N3O3.ClH/c1-10-12(11(2)20-17-10)8-16-13(18)14(9-19-3)4-6-15-7-5-14;/h15H,4-9H2,1-3H3,(H,16,18);1H. The molecule has 0 aromatic carbocycles. The second-order valence-corrected chi connectivity index (χ2v) is 5.45. The van der Waals surface area contributed by atoms with Crippen LogP contribution in [0.4, 0.5) is 0 Å². The number of nitrogens with one attached hydrogen (secondary N) is 2. The van der Waals surface area contributed by atoms with E-state index < -0.39 is 5.41 Å². The number of halogens is 1. The van der Waals surface area contributed by atoms with E-state index in [9.17, 15) is 4.79 Å². The first-order valence-electron chi connectivity index (χ1n) is 6.99. The Hall–Kier alpha value is -1.11. The molecule has 2 heterocycles. The molecule has 1 saturated heterocycles. The fourth-order valence-electron chi connectivity index (χ4n) is 2.73. The zero-order valence-corrected chi connectivity index (χ0v) is 13.6. The van der Waals surface area contributed by atoms with Gasteiger partial charge in [-0.05, 0) is 39.8 Å². The maximum atomic E-state index is 12.6. The SMILES string of the molecule is COCC1(C(=O)NCc2c(C)noc2C)CCNCC1.Cl. The predicted octanol–water partition coefficient (Wildman–Crippen LogP) is 1.35. The number of carbonyl (C=O) groups excluding carboxylic acids is 1. The number of piperidine rings is 1. The van der Waals surface area contributed by atoms with Crippen LogP contribution in [0.15, 0.2) is 4.52 Å². The van der Waals surface area contributed by atoms with Crippen molar-refractivity contribution >= 4 is 18.3 Å². The third-order valence-corrected chi connectivity index (χ3v) is 4.07. The second kappa shape index (κ2) is 7.77. The summed E-state index contributed by atoms with van der Waals surface area (Å²) in [4.78, 5) is 12.6. The number of aromatic nitrogens is 1. The number of ether oxygens (including phenoxy) is 1. The molecule has 6 nitrogen and oxygen atoms in total. The van der Waals surface area contributed by atoms with Gasteiger partial charge in [0.15, 0.2) is 0 Å². The fourth-order valence-corrected chi connectivity index (χ4v) is 2.73. The van der Waals surface area contributed by atoms with Crippen molar-refractivity contribution in [1.82, 2.24) is 15.8 Å². The number of hydrogen-bond acceptors (Lipinski definition) is 5. The van der Waals surface area contributed by atoms with Crippen molar-refractivity contribution < 1.29 is 14.1 Å². The highest BCUT2D eigenvalue weighted by atomic mass is 35.5. The molecule has 120 valence electrons. The van der Waals surface area contributed by atoms with Crippen molar-refractivity contribution in [2.45, 2.75) is 33.2 Å².